The van der Waals surface area contributed by atoms with Gasteiger partial charge in [-0.1, -0.05) is 25.0 Å². The van der Waals surface area contributed by atoms with Gasteiger partial charge in [-0.05, 0) is 30.5 Å². The van der Waals surface area contributed by atoms with Gasteiger partial charge in [0.25, 0.3) is 0 Å². The van der Waals surface area contributed by atoms with Crippen LogP contribution in [-0.2, 0) is 11.2 Å². The molecule has 0 atom stereocenters. The highest BCUT2D eigenvalue weighted by Crippen LogP contribution is 2.18. The number of nitrogens with zero attached hydrogens (tertiary/aromatic N) is 1. The van der Waals surface area contributed by atoms with Crippen molar-refractivity contribution in [3.05, 3.63) is 29.8 Å². The van der Waals surface area contributed by atoms with E-state index in [1.807, 2.05) is 24.3 Å². The number of rotatable bonds is 4. The molecule has 1 aromatic carbocycles. The lowest BCUT2D eigenvalue weighted by Gasteiger charge is -2.14. The van der Waals surface area contributed by atoms with Crippen molar-refractivity contribution in [3.63, 3.8) is 0 Å². The van der Waals surface area contributed by atoms with E-state index < -0.39 is 0 Å². The predicted octanol–water partition coefficient (Wildman–Crippen LogP) is 2.38. The number of carbonyl (C=O) groups is 2. The lowest BCUT2D eigenvalue weighted by atomic mass is 10.1. The summed E-state index contributed by atoms with van der Waals surface area (Å²) in [7, 11) is 3.38. The van der Waals surface area contributed by atoms with Gasteiger partial charge in [0.05, 0.1) is 6.42 Å². The van der Waals surface area contributed by atoms with Crippen molar-refractivity contribution in [2.45, 2.75) is 38.1 Å². The molecule has 5 nitrogen and oxygen atoms in total. The summed E-state index contributed by atoms with van der Waals surface area (Å²) in [5.74, 6) is 0.0537. The third kappa shape index (κ3) is 4.77. The van der Waals surface area contributed by atoms with Gasteiger partial charge in [0.15, 0.2) is 0 Å². The minimum atomic E-state index is -0.178. The molecule has 5 heteroatoms. The highest BCUT2D eigenvalue weighted by atomic mass is 16.2. The lowest BCUT2D eigenvalue weighted by molar-refractivity contribution is -0.121. The molecule has 1 aliphatic carbocycles. The van der Waals surface area contributed by atoms with Crippen LogP contribution < -0.4 is 10.6 Å². The van der Waals surface area contributed by atoms with Crippen molar-refractivity contribution in [2.24, 2.45) is 0 Å². The van der Waals surface area contributed by atoms with Gasteiger partial charge >= 0.3 is 6.03 Å². The highest BCUT2D eigenvalue weighted by molar-refractivity contribution is 5.89. The standard InChI is InChI=1S/C16H23N3O2/c1-19(2)16(21)18-14-9-5-6-12(10-14)11-15(20)17-13-7-3-4-8-13/h5-6,9-10,13H,3-4,7-8,11H2,1-2H3,(H,17,20)(H,18,21). The van der Waals surface area contributed by atoms with Crippen LogP contribution in [0.4, 0.5) is 10.5 Å². The second-order valence-corrected chi connectivity index (χ2v) is 5.75. The summed E-state index contributed by atoms with van der Waals surface area (Å²) in [6, 6.07) is 7.58. The lowest BCUT2D eigenvalue weighted by Crippen LogP contribution is -2.33. The summed E-state index contributed by atoms with van der Waals surface area (Å²) in [5, 5.41) is 5.85. The molecule has 1 saturated carbocycles. The molecule has 2 rings (SSSR count). The van der Waals surface area contributed by atoms with E-state index in [4.69, 9.17) is 0 Å². The molecule has 21 heavy (non-hydrogen) atoms. The van der Waals surface area contributed by atoms with Crippen LogP contribution in [0.3, 0.4) is 0 Å². The molecular formula is C16H23N3O2. The van der Waals surface area contributed by atoms with E-state index in [1.165, 1.54) is 17.7 Å². The van der Waals surface area contributed by atoms with Crippen LogP contribution >= 0.6 is 0 Å². The van der Waals surface area contributed by atoms with Crippen molar-refractivity contribution in [3.8, 4) is 0 Å². The molecule has 0 aromatic heterocycles. The number of carbonyl (C=O) groups excluding carboxylic acids is 2. The van der Waals surface area contributed by atoms with Gasteiger partial charge in [0, 0.05) is 25.8 Å². The van der Waals surface area contributed by atoms with Gasteiger partial charge in [-0.2, -0.15) is 0 Å². The van der Waals surface area contributed by atoms with Gasteiger partial charge in [0.1, 0.15) is 0 Å². The third-order valence-electron chi connectivity index (χ3n) is 3.67. The Morgan fingerprint density at radius 3 is 2.62 bits per heavy atom. The normalized spacial score (nSPS) is 14.8. The fourth-order valence-electron chi connectivity index (χ4n) is 2.53. The summed E-state index contributed by atoms with van der Waals surface area (Å²) in [5.41, 5.74) is 1.61. The van der Waals surface area contributed by atoms with Gasteiger partial charge in [0.2, 0.25) is 5.91 Å². The maximum absolute atomic E-state index is 12.0. The average molecular weight is 289 g/mol. The maximum Gasteiger partial charge on any atom is 0.321 e. The minimum absolute atomic E-state index is 0.0537. The number of hydrogen-bond donors (Lipinski definition) is 2. The van der Waals surface area contributed by atoms with E-state index >= 15 is 0 Å². The largest absolute Gasteiger partial charge is 0.353 e. The second-order valence-electron chi connectivity index (χ2n) is 5.75. The second kappa shape index (κ2) is 7.11. The Labute approximate surface area is 125 Å². The number of urea groups is 1. The first-order chi connectivity index (χ1) is 10.0. The topological polar surface area (TPSA) is 61.4 Å². The highest BCUT2D eigenvalue weighted by Gasteiger charge is 2.17. The molecule has 114 valence electrons. The van der Waals surface area contributed by atoms with Crippen molar-refractivity contribution in [2.75, 3.05) is 19.4 Å². The van der Waals surface area contributed by atoms with E-state index in [9.17, 15) is 9.59 Å². The van der Waals surface area contributed by atoms with E-state index in [-0.39, 0.29) is 11.9 Å². The molecular weight excluding hydrogens is 266 g/mol. The number of hydrogen-bond acceptors (Lipinski definition) is 2. The van der Waals surface area contributed by atoms with Crippen LogP contribution in [0.2, 0.25) is 0 Å². The molecule has 0 bridgehead atoms. The molecule has 1 aromatic rings. The van der Waals surface area contributed by atoms with Crippen LogP contribution in [0.1, 0.15) is 31.2 Å². The first-order valence-electron chi connectivity index (χ1n) is 7.41. The Hall–Kier alpha value is -2.04. The van der Waals surface area contributed by atoms with Crippen molar-refractivity contribution in [1.82, 2.24) is 10.2 Å². The molecule has 0 spiro atoms. The zero-order valence-electron chi connectivity index (χ0n) is 12.7. The van der Waals surface area contributed by atoms with E-state index in [2.05, 4.69) is 10.6 Å². The average Bonchev–Trinajstić information content (AvgIpc) is 2.91. The van der Waals surface area contributed by atoms with Crippen molar-refractivity contribution in [1.29, 1.82) is 0 Å². The van der Waals surface area contributed by atoms with Crippen LogP contribution in [0.25, 0.3) is 0 Å². The quantitative estimate of drug-likeness (QED) is 0.894. The Balaban J connectivity index is 1.90. The summed E-state index contributed by atoms with van der Waals surface area (Å²) >= 11 is 0. The zero-order valence-corrected chi connectivity index (χ0v) is 12.7. The number of amides is 3. The molecule has 0 radical (unpaired) electrons. The Morgan fingerprint density at radius 1 is 1.24 bits per heavy atom. The summed E-state index contributed by atoms with van der Waals surface area (Å²) in [4.78, 5) is 25.1. The summed E-state index contributed by atoms with van der Waals surface area (Å²) in [6.07, 6.45) is 4.94. The number of benzene rings is 1. The minimum Gasteiger partial charge on any atom is -0.353 e. The maximum atomic E-state index is 12.0. The number of nitrogens with one attached hydrogen (secondary N) is 2. The van der Waals surface area contributed by atoms with E-state index in [1.54, 1.807) is 14.1 Å². The van der Waals surface area contributed by atoms with Crippen LogP contribution in [-0.4, -0.2) is 37.0 Å². The molecule has 0 saturated heterocycles. The van der Waals surface area contributed by atoms with Crippen LogP contribution in [0.5, 0.6) is 0 Å². The molecule has 0 heterocycles. The van der Waals surface area contributed by atoms with E-state index in [0.29, 0.717) is 18.2 Å². The Bertz CT molecular complexity index is 508. The Morgan fingerprint density at radius 2 is 1.95 bits per heavy atom. The summed E-state index contributed by atoms with van der Waals surface area (Å²) in [6.45, 7) is 0. The van der Waals surface area contributed by atoms with E-state index in [0.717, 1.165) is 18.4 Å². The number of anilines is 1. The van der Waals surface area contributed by atoms with Gasteiger partial charge in [-0.15, -0.1) is 0 Å². The molecule has 0 aliphatic heterocycles. The van der Waals surface area contributed by atoms with Gasteiger partial charge < -0.3 is 15.5 Å². The smallest absolute Gasteiger partial charge is 0.321 e. The van der Waals surface area contributed by atoms with Crippen molar-refractivity contribution >= 4 is 17.6 Å². The summed E-state index contributed by atoms with van der Waals surface area (Å²) < 4.78 is 0. The van der Waals surface area contributed by atoms with Crippen LogP contribution in [0.15, 0.2) is 24.3 Å². The molecule has 3 amide bonds. The van der Waals surface area contributed by atoms with Gasteiger partial charge in [-0.3, -0.25) is 4.79 Å². The molecule has 2 N–H and O–H groups in total. The Kier molecular flexibility index (Phi) is 5.20. The first kappa shape index (κ1) is 15.4. The molecule has 1 aliphatic rings. The predicted molar refractivity (Wildman–Crippen MR) is 83.3 cm³/mol. The zero-order chi connectivity index (χ0) is 15.2. The molecule has 1 fully saturated rings. The van der Waals surface area contributed by atoms with Crippen molar-refractivity contribution < 1.29 is 9.59 Å². The monoisotopic (exact) mass is 289 g/mol. The SMILES string of the molecule is CN(C)C(=O)Nc1cccc(CC(=O)NC2CCCC2)c1. The third-order valence-corrected chi connectivity index (χ3v) is 3.67. The van der Waals surface area contributed by atoms with Crippen LogP contribution in [0, 0.1) is 0 Å². The first-order valence-corrected chi connectivity index (χ1v) is 7.41. The molecule has 0 unspecified atom stereocenters. The fourth-order valence-corrected chi connectivity index (χ4v) is 2.53. The fraction of sp³-hybridized carbons (Fsp3) is 0.500. The van der Waals surface area contributed by atoms with Gasteiger partial charge in [-0.25, -0.2) is 4.79 Å².